The van der Waals surface area contributed by atoms with Gasteiger partial charge in [-0.2, -0.15) is 0 Å². The lowest BCUT2D eigenvalue weighted by molar-refractivity contribution is 1.33. The second-order valence-electron chi connectivity index (χ2n) is 2.73. The average molecular weight is 202 g/mol. The molecule has 0 saturated carbocycles. The fourth-order valence-corrected chi connectivity index (χ4v) is 1.66. The van der Waals surface area contributed by atoms with Crippen LogP contribution < -0.4 is 4.72 Å². The first-order chi connectivity index (χ1) is 6.95. The van der Waals surface area contributed by atoms with Gasteiger partial charge in [-0.3, -0.25) is 0 Å². The molecule has 1 aromatic heterocycles. The molecule has 0 aliphatic rings. The number of rotatable bonds is 3. The first-order valence-corrected chi connectivity index (χ1v) is 5.16. The van der Waals surface area contributed by atoms with Gasteiger partial charge < -0.3 is 4.72 Å². The molecule has 0 fully saturated rings. The lowest BCUT2D eigenvalue weighted by Gasteiger charge is -2.02. The van der Waals surface area contributed by atoms with Gasteiger partial charge in [-0.1, -0.05) is 24.3 Å². The van der Waals surface area contributed by atoms with Crippen LogP contribution in [0.25, 0.3) is 0 Å². The molecule has 0 aliphatic carbocycles. The van der Waals surface area contributed by atoms with Gasteiger partial charge in [-0.25, -0.2) is 4.98 Å². The van der Waals surface area contributed by atoms with Crippen molar-refractivity contribution in [2.24, 2.45) is 0 Å². The van der Waals surface area contributed by atoms with E-state index in [1.54, 1.807) is 18.1 Å². The number of hydrogen-bond donors (Lipinski definition) is 1. The molecule has 3 heteroatoms. The molecule has 1 N–H and O–H groups in total. The smallest absolute Gasteiger partial charge is 0.136 e. The molecule has 2 nitrogen and oxygen atoms in total. The summed E-state index contributed by atoms with van der Waals surface area (Å²) >= 11 is 1.56. The van der Waals surface area contributed by atoms with Crippen molar-refractivity contribution in [3.8, 4) is 0 Å². The van der Waals surface area contributed by atoms with Crippen molar-refractivity contribution in [1.29, 1.82) is 0 Å². The Morgan fingerprint density at radius 2 is 1.71 bits per heavy atom. The van der Waals surface area contributed by atoms with Crippen LogP contribution in [0.4, 0.5) is 5.82 Å². The summed E-state index contributed by atoms with van der Waals surface area (Å²) in [6.07, 6.45) is 1.77. The highest BCUT2D eigenvalue weighted by Crippen LogP contribution is 2.18. The van der Waals surface area contributed by atoms with Gasteiger partial charge in [0, 0.05) is 11.1 Å². The first kappa shape index (κ1) is 9.09. The van der Waals surface area contributed by atoms with E-state index < -0.39 is 0 Å². The molecule has 0 bridgehead atoms. The number of anilines is 1. The maximum atomic E-state index is 4.16. The van der Waals surface area contributed by atoms with Gasteiger partial charge in [0.1, 0.15) is 5.82 Å². The van der Waals surface area contributed by atoms with Crippen molar-refractivity contribution >= 4 is 17.8 Å². The zero-order chi connectivity index (χ0) is 9.64. The van der Waals surface area contributed by atoms with Crippen LogP contribution in [-0.4, -0.2) is 4.98 Å². The van der Waals surface area contributed by atoms with E-state index in [4.69, 9.17) is 0 Å². The minimum atomic E-state index is 0.876. The third-order valence-corrected chi connectivity index (χ3v) is 2.50. The Bertz CT molecular complexity index is 336. The summed E-state index contributed by atoms with van der Waals surface area (Å²) in [6, 6.07) is 16.0. The average Bonchev–Trinajstić information content (AvgIpc) is 2.29. The Morgan fingerprint density at radius 1 is 0.929 bits per heavy atom. The van der Waals surface area contributed by atoms with Crippen molar-refractivity contribution < 1.29 is 0 Å². The van der Waals surface area contributed by atoms with E-state index in [9.17, 15) is 0 Å². The lowest BCUT2D eigenvalue weighted by atomic mass is 10.4. The second kappa shape index (κ2) is 4.67. The van der Waals surface area contributed by atoms with Crippen molar-refractivity contribution in [3.05, 3.63) is 54.7 Å². The van der Waals surface area contributed by atoms with Crippen LogP contribution in [0.3, 0.4) is 0 Å². The Kier molecular flexibility index (Phi) is 3.03. The normalized spacial score (nSPS) is 9.71. The largest absolute Gasteiger partial charge is 0.310 e. The zero-order valence-corrected chi connectivity index (χ0v) is 8.37. The molecular formula is C11H10N2S. The van der Waals surface area contributed by atoms with Gasteiger partial charge in [-0.15, -0.1) is 0 Å². The van der Waals surface area contributed by atoms with Gasteiger partial charge in [0.25, 0.3) is 0 Å². The molecule has 0 radical (unpaired) electrons. The summed E-state index contributed by atoms with van der Waals surface area (Å²) in [5, 5.41) is 0. The summed E-state index contributed by atoms with van der Waals surface area (Å²) in [4.78, 5) is 5.34. The third kappa shape index (κ3) is 2.50. The van der Waals surface area contributed by atoms with E-state index >= 15 is 0 Å². The van der Waals surface area contributed by atoms with E-state index in [0.717, 1.165) is 5.82 Å². The maximum absolute atomic E-state index is 4.16. The highest BCUT2D eigenvalue weighted by molar-refractivity contribution is 8.00. The summed E-state index contributed by atoms with van der Waals surface area (Å²) < 4.78 is 3.17. The summed E-state index contributed by atoms with van der Waals surface area (Å²) in [7, 11) is 0. The van der Waals surface area contributed by atoms with Crippen LogP contribution in [0.2, 0.25) is 0 Å². The Balaban J connectivity index is 1.96. The van der Waals surface area contributed by atoms with Crippen molar-refractivity contribution in [1.82, 2.24) is 4.98 Å². The predicted octanol–water partition coefficient (Wildman–Crippen LogP) is 3.20. The van der Waals surface area contributed by atoms with Crippen LogP contribution >= 0.6 is 11.9 Å². The van der Waals surface area contributed by atoms with Gasteiger partial charge in [-0.05, 0) is 36.2 Å². The van der Waals surface area contributed by atoms with Crippen LogP contribution in [-0.2, 0) is 0 Å². The molecule has 1 heterocycles. The highest BCUT2D eigenvalue weighted by Gasteiger charge is 1.93. The molecule has 0 amide bonds. The Morgan fingerprint density at radius 3 is 2.43 bits per heavy atom. The molecule has 0 atom stereocenters. The van der Waals surface area contributed by atoms with Crippen LogP contribution in [0.1, 0.15) is 0 Å². The van der Waals surface area contributed by atoms with Crippen LogP contribution in [0.15, 0.2) is 59.6 Å². The molecule has 2 aromatic rings. The minimum Gasteiger partial charge on any atom is -0.310 e. The summed E-state index contributed by atoms with van der Waals surface area (Å²) in [5.41, 5.74) is 0. The van der Waals surface area contributed by atoms with Gasteiger partial charge >= 0.3 is 0 Å². The topological polar surface area (TPSA) is 24.9 Å². The standard InChI is InChI=1S/C11H10N2S/c1-2-6-10(7-3-1)14-13-11-8-4-5-9-12-11/h1-9H,(H,12,13). The van der Waals surface area contributed by atoms with Crippen molar-refractivity contribution in [2.75, 3.05) is 4.72 Å². The van der Waals surface area contributed by atoms with E-state index in [0.29, 0.717) is 0 Å². The molecule has 0 spiro atoms. The molecule has 0 saturated heterocycles. The Hall–Kier alpha value is -1.48. The lowest BCUT2D eigenvalue weighted by Crippen LogP contribution is -1.88. The van der Waals surface area contributed by atoms with E-state index in [1.807, 2.05) is 36.4 Å². The zero-order valence-electron chi connectivity index (χ0n) is 7.55. The molecule has 14 heavy (non-hydrogen) atoms. The van der Waals surface area contributed by atoms with E-state index in [-0.39, 0.29) is 0 Å². The molecule has 1 aromatic carbocycles. The number of benzene rings is 1. The summed E-state index contributed by atoms with van der Waals surface area (Å²) in [6.45, 7) is 0. The van der Waals surface area contributed by atoms with Gasteiger partial charge in [0.2, 0.25) is 0 Å². The third-order valence-electron chi connectivity index (χ3n) is 1.68. The fourth-order valence-electron chi connectivity index (χ4n) is 1.02. The van der Waals surface area contributed by atoms with E-state index in [2.05, 4.69) is 21.8 Å². The summed E-state index contributed by atoms with van der Waals surface area (Å²) in [5.74, 6) is 0.876. The monoisotopic (exact) mass is 202 g/mol. The quantitative estimate of drug-likeness (QED) is 0.774. The number of aromatic nitrogens is 1. The molecule has 0 aliphatic heterocycles. The van der Waals surface area contributed by atoms with Crippen molar-refractivity contribution in [2.45, 2.75) is 4.90 Å². The Labute approximate surface area is 87.5 Å². The molecule has 0 unspecified atom stereocenters. The molecule has 70 valence electrons. The maximum Gasteiger partial charge on any atom is 0.136 e. The first-order valence-electron chi connectivity index (χ1n) is 4.34. The number of nitrogens with zero attached hydrogens (tertiary/aromatic N) is 1. The molecular weight excluding hydrogens is 192 g/mol. The predicted molar refractivity (Wildman–Crippen MR) is 60.2 cm³/mol. The van der Waals surface area contributed by atoms with Gasteiger partial charge in [0.15, 0.2) is 0 Å². The fraction of sp³-hybridized carbons (Fsp3) is 0. The van der Waals surface area contributed by atoms with Crippen LogP contribution in [0.5, 0.6) is 0 Å². The van der Waals surface area contributed by atoms with E-state index in [1.165, 1.54) is 4.90 Å². The van der Waals surface area contributed by atoms with Crippen molar-refractivity contribution in [3.63, 3.8) is 0 Å². The molecule has 2 rings (SSSR count). The number of nitrogens with one attached hydrogen (secondary N) is 1. The minimum absolute atomic E-state index is 0.876. The number of hydrogen-bond acceptors (Lipinski definition) is 3. The highest BCUT2D eigenvalue weighted by atomic mass is 32.2. The van der Waals surface area contributed by atoms with Gasteiger partial charge in [0.05, 0.1) is 0 Å². The van der Waals surface area contributed by atoms with Crippen LogP contribution in [0, 0.1) is 0 Å². The number of pyridine rings is 1. The second-order valence-corrected chi connectivity index (χ2v) is 3.61. The SMILES string of the molecule is c1ccc(SNc2ccccn2)cc1.